The van der Waals surface area contributed by atoms with Crippen LogP contribution in [-0.4, -0.2) is 27.0 Å². The molecule has 5 aromatic rings. The number of carbonyl (C=O) groups excluding carboxylic acids is 1. The maximum absolute atomic E-state index is 13.2. The molecule has 182 valence electrons. The number of ether oxygens (including phenoxy) is 1. The van der Waals surface area contributed by atoms with Crippen molar-refractivity contribution in [1.29, 1.82) is 0 Å². The number of fused-ring (bicyclic) bond motifs is 1. The number of esters is 1. The zero-order chi connectivity index (χ0) is 25.4. The molecule has 0 unspecified atom stereocenters. The second kappa shape index (κ2) is 9.23. The summed E-state index contributed by atoms with van der Waals surface area (Å²) in [6, 6.07) is 18.8. The third-order valence-corrected chi connectivity index (χ3v) is 6.81. The number of aromatic amines is 1. The van der Waals surface area contributed by atoms with Gasteiger partial charge in [0.1, 0.15) is 0 Å². The van der Waals surface area contributed by atoms with Crippen molar-refractivity contribution in [2.45, 2.75) is 18.0 Å². The van der Waals surface area contributed by atoms with E-state index in [0.717, 1.165) is 33.6 Å². The van der Waals surface area contributed by atoms with Gasteiger partial charge in [-0.3, -0.25) is 3.97 Å². The van der Waals surface area contributed by atoms with Crippen LogP contribution < -0.4 is 0 Å². The lowest BCUT2D eigenvalue weighted by Gasteiger charge is -2.11. The molecule has 0 aliphatic heterocycles. The number of methoxy groups -OCH3 is 1. The highest BCUT2D eigenvalue weighted by Crippen LogP contribution is 2.37. The quantitative estimate of drug-likeness (QED) is 0.252. The largest absolute Gasteiger partial charge is 0.465 e. The summed E-state index contributed by atoms with van der Waals surface area (Å²) in [6.45, 7) is 1.58. The first-order valence-electron chi connectivity index (χ1n) is 11.0. The highest BCUT2D eigenvalue weighted by atomic mass is 32.2. The van der Waals surface area contributed by atoms with Crippen LogP contribution >= 0.6 is 11.9 Å². The number of aryl methyl sites for hydroxylation is 1. The molecule has 0 fully saturated rings. The van der Waals surface area contributed by atoms with Gasteiger partial charge in [0.2, 0.25) is 0 Å². The number of hydrogen-bond donors (Lipinski definition) is 1. The SMILES string of the molecule is COC(=O)c1cc(-c2ccnc3c2ccn3Sc2ccccc2)[nH]c1-c1ccc(C(F)(F)F)cc1C. The Labute approximate surface area is 209 Å². The molecule has 0 saturated heterocycles. The van der Waals surface area contributed by atoms with Crippen LogP contribution in [0.25, 0.3) is 33.5 Å². The van der Waals surface area contributed by atoms with Gasteiger partial charge >= 0.3 is 12.1 Å². The molecule has 0 radical (unpaired) electrons. The Hall–Kier alpha value is -3.98. The Morgan fingerprint density at radius 2 is 1.81 bits per heavy atom. The van der Waals surface area contributed by atoms with Gasteiger partial charge in [0.25, 0.3) is 0 Å². The monoisotopic (exact) mass is 507 g/mol. The topological polar surface area (TPSA) is 59.9 Å². The van der Waals surface area contributed by atoms with E-state index in [9.17, 15) is 18.0 Å². The number of halogens is 3. The summed E-state index contributed by atoms with van der Waals surface area (Å²) < 4.78 is 46.5. The molecule has 0 amide bonds. The normalized spacial score (nSPS) is 11.7. The van der Waals surface area contributed by atoms with E-state index < -0.39 is 17.7 Å². The van der Waals surface area contributed by atoms with Crippen LogP contribution in [-0.2, 0) is 10.9 Å². The highest BCUT2D eigenvalue weighted by Gasteiger charge is 2.31. The van der Waals surface area contributed by atoms with E-state index in [-0.39, 0.29) is 5.56 Å². The number of hydrogen-bond acceptors (Lipinski definition) is 4. The molecule has 0 bridgehead atoms. The maximum atomic E-state index is 13.2. The van der Waals surface area contributed by atoms with Crippen molar-refractivity contribution in [3.05, 3.63) is 95.8 Å². The van der Waals surface area contributed by atoms with Crippen molar-refractivity contribution in [3.8, 4) is 22.5 Å². The summed E-state index contributed by atoms with van der Waals surface area (Å²) in [6.07, 6.45) is -0.853. The van der Waals surface area contributed by atoms with Crippen molar-refractivity contribution >= 4 is 29.0 Å². The molecule has 0 aliphatic carbocycles. The molecule has 36 heavy (non-hydrogen) atoms. The van der Waals surface area contributed by atoms with Crippen LogP contribution in [0.4, 0.5) is 13.2 Å². The minimum Gasteiger partial charge on any atom is -0.465 e. The molecule has 2 aromatic carbocycles. The molecule has 0 saturated carbocycles. The average molecular weight is 508 g/mol. The van der Waals surface area contributed by atoms with Gasteiger partial charge in [-0.2, -0.15) is 13.2 Å². The summed E-state index contributed by atoms with van der Waals surface area (Å²) in [5.74, 6) is -0.589. The molecule has 0 atom stereocenters. The highest BCUT2D eigenvalue weighted by molar-refractivity contribution is 7.98. The van der Waals surface area contributed by atoms with Gasteiger partial charge in [0.15, 0.2) is 5.65 Å². The number of aromatic nitrogens is 3. The number of benzene rings is 2. The fourth-order valence-electron chi connectivity index (χ4n) is 4.12. The Morgan fingerprint density at radius 1 is 1.03 bits per heavy atom. The number of nitrogens with zero attached hydrogens (tertiary/aromatic N) is 2. The van der Waals surface area contributed by atoms with Crippen LogP contribution in [0.2, 0.25) is 0 Å². The molecule has 5 nitrogen and oxygen atoms in total. The smallest absolute Gasteiger partial charge is 0.416 e. The summed E-state index contributed by atoms with van der Waals surface area (Å²) in [4.78, 5) is 21.5. The zero-order valence-electron chi connectivity index (χ0n) is 19.3. The van der Waals surface area contributed by atoms with Gasteiger partial charge in [0.05, 0.1) is 23.9 Å². The number of alkyl halides is 3. The first kappa shape index (κ1) is 23.7. The number of carbonyl (C=O) groups is 1. The van der Waals surface area contributed by atoms with Crippen molar-refractivity contribution in [3.63, 3.8) is 0 Å². The van der Waals surface area contributed by atoms with E-state index in [2.05, 4.69) is 9.97 Å². The van der Waals surface area contributed by atoms with E-state index in [1.54, 1.807) is 19.2 Å². The number of nitrogens with one attached hydrogen (secondary N) is 1. The zero-order valence-corrected chi connectivity index (χ0v) is 20.1. The molecule has 3 aromatic heterocycles. The minimum atomic E-state index is -4.46. The van der Waals surface area contributed by atoms with Gasteiger partial charge in [-0.05, 0) is 66.9 Å². The predicted octanol–water partition coefficient (Wildman–Crippen LogP) is 7.37. The van der Waals surface area contributed by atoms with E-state index in [0.29, 0.717) is 22.5 Å². The third-order valence-electron chi connectivity index (χ3n) is 5.84. The molecule has 0 spiro atoms. The van der Waals surface area contributed by atoms with E-state index in [4.69, 9.17) is 4.74 Å². The van der Waals surface area contributed by atoms with Gasteiger partial charge < -0.3 is 9.72 Å². The summed E-state index contributed by atoms with van der Waals surface area (Å²) in [5, 5.41) is 0.856. The number of H-pyrrole nitrogens is 1. The molecule has 9 heteroatoms. The summed E-state index contributed by atoms with van der Waals surface area (Å²) >= 11 is 1.52. The van der Waals surface area contributed by atoms with Gasteiger partial charge in [-0.25, -0.2) is 9.78 Å². The van der Waals surface area contributed by atoms with E-state index >= 15 is 0 Å². The Bertz CT molecular complexity index is 1570. The fraction of sp³-hybridized carbons (Fsp3) is 0.111. The van der Waals surface area contributed by atoms with Gasteiger partial charge in [0, 0.05) is 39.5 Å². The van der Waals surface area contributed by atoms with E-state index in [1.807, 2.05) is 52.6 Å². The van der Waals surface area contributed by atoms with Crippen molar-refractivity contribution < 1.29 is 22.7 Å². The fourth-order valence-corrected chi connectivity index (χ4v) is 4.98. The lowest BCUT2D eigenvalue weighted by Crippen LogP contribution is -2.06. The number of pyridine rings is 1. The standard InChI is InChI=1S/C27H20F3N3O2S/c1-16-14-17(27(28,29)30)8-9-19(16)24-22(26(34)35-2)15-23(32-24)20-10-12-31-25-21(20)11-13-33(25)36-18-6-4-3-5-7-18/h3-15,32H,1-2H3. The predicted molar refractivity (Wildman–Crippen MR) is 134 cm³/mol. The Balaban J connectivity index is 1.61. The minimum absolute atomic E-state index is 0.235. The molecule has 0 aliphatic rings. The Kier molecular flexibility index (Phi) is 6.09. The van der Waals surface area contributed by atoms with Crippen molar-refractivity contribution in [2.24, 2.45) is 0 Å². The van der Waals surface area contributed by atoms with Crippen LogP contribution in [0.15, 0.2) is 84.0 Å². The third kappa shape index (κ3) is 4.37. The van der Waals surface area contributed by atoms with Crippen LogP contribution in [0.5, 0.6) is 0 Å². The molecule has 1 N–H and O–H groups in total. The van der Waals surface area contributed by atoms with Crippen molar-refractivity contribution in [2.75, 3.05) is 7.11 Å². The molecular weight excluding hydrogens is 487 g/mol. The average Bonchev–Trinajstić information content (AvgIpc) is 3.48. The lowest BCUT2D eigenvalue weighted by molar-refractivity contribution is -0.137. The molecular formula is C27H20F3N3O2S. The molecule has 5 rings (SSSR count). The van der Waals surface area contributed by atoms with Crippen molar-refractivity contribution in [1.82, 2.24) is 13.9 Å². The van der Waals surface area contributed by atoms with Crippen LogP contribution in [0.3, 0.4) is 0 Å². The van der Waals surface area contributed by atoms with E-state index in [1.165, 1.54) is 25.1 Å². The maximum Gasteiger partial charge on any atom is 0.416 e. The number of rotatable bonds is 5. The summed E-state index contributed by atoms with van der Waals surface area (Å²) in [7, 11) is 1.27. The first-order valence-corrected chi connectivity index (χ1v) is 11.7. The lowest BCUT2D eigenvalue weighted by atomic mass is 10.00. The van der Waals surface area contributed by atoms with Gasteiger partial charge in [-0.1, -0.05) is 24.3 Å². The second-order valence-electron chi connectivity index (χ2n) is 8.13. The molecule has 3 heterocycles. The van der Waals surface area contributed by atoms with Crippen LogP contribution in [0.1, 0.15) is 21.5 Å². The summed E-state index contributed by atoms with van der Waals surface area (Å²) in [5.41, 5.74) is 2.91. The second-order valence-corrected chi connectivity index (χ2v) is 9.18. The first-order chi connectivity index (χ1) is 17.3. The van der Waals surface area contributed by atoms with Gasteiger partial charge in [-0.15, -0.1) is 0 Å². The Morgan fingerprint density at radius 3 is 2.50 bits per heavy atom. The van der Waals surface area contributed by atoms with Crippen LogP contribution in [0, 0.1) is 6.92 Å².